The zero-order valence-electron chi connectivity index (χ0n) is 11.4. The molecule has 0 radical (unpaired) electrons. The van der Waals surface area contributed by atoms with Crippen molar-refractivity contribution in [2.75, 3.05) is 6.54 Å². The van der Waals surface area contributed by atoms with Crippen molar-refractivity contribution in [2.45, 2.75) is 79.8 Å². The van der Waals surface area contributed by atoms with Crippen LogP contribution in [0, 0.1) is 0 Å². The second-order valence-electron chi connectivity index (χ2n) is 4.13. The SMILES string of the molecule is CC.CCCCCN(C(C)C)C(C)C. The Morgan fingerprint density at radius 1 is 0.857 bits per heavy atom. The van der Waals surface area contributed by atoms with Crippen LogP contribution in [0.2, 0.25) is 0 Å². The Hall–Kier alpha value is -0.0400. The predicted octanol–water partition coefficient (Wildman–Crippen LogP) is 4.32. The molecule has 0 spiro atoms. The molecule has 0 aliphatic rings. The summed E-state index contributed by atoms with van der Waals surface area (Å²) in [6.45, 7) is 16.7. The van der Waals surface area contributed by atoms with Crippen molar-refractivity contribution in [2.24, 2.45) is 0 Å². The molecule has 0 atom stereocenters. The average molecular weight is 201 g/mol. The molecule has 0 aliphatic heterocycles. The lowest BCUT2D eigenvalue weighted by Gasteiger charge is -2.30. The molecule has 0 bridgehead atoms. The summed E-state index contributed by atoms with van der Waals surface area (Å²) in [5, 5.41) is 0. The van der Waals surface area contributed by atoms with Crippen LogP contribution in [0.25, 0.3) is 0 Å². The van der Waals surface area contributed by atoms with Crippen molar-refractivity contribution in [1.82, 2.24) is 4.90 Å². The van der Waals surface area contributed by atoms with Crippen LogP contribution < -0.4 is 0 Å². The Labute approximate surface area is 91.9 Å². The monoisotopic (exact) mass is 201 g/mol. The van der Waals surface area contributed by atoms with E-state index in [4.69, 9.17) is 0 Å². The van der Waals surface area contributed by atoms with Gasteiger partial charge in [-0.3, -0.25) is 4.90 Å². The highest BCUT2D eigenvalue weighted by Crippen LogP contribution is 2.07. The van der Waals surface area contributed by atoms with E-state index in [1.165, 1.54) is 25.8 Å². The zero-order chi connectivity index (χ0) is 11.6. The van der Waals surface area contributed by atoms with Crippen LogP contribution in [0.5, 0.6) is 0 Å². The first kappa shape index (κ1) is 16.4. The van der Waals surface area contributed by atoms with Gasteiger partial charge in [0.25, 0.3) is 0 Å². The molecule has 14 heavy (non-hydrogen) atoms. The largest absolute Gasteiger partial charge is 0.299 e. The van der Waals surface area contributed by atoms with Crippen LogP contribution in [0.1, 0.15) is 67.7 Å². The molecule has 0 fully saturated rings. The maximum absolute atomic E-state index is 2.57. The van der Waals surface area contributed by atoms with Crippen molar-refractivity contribution in [3.63, 3.8) is 0 Å². The van der Waals surface area contributed by atoms with Gasteiger partial charge in [-0.05, 0) is 40.7 Å². The highest BCUT2D eigenvalue weighted by Gasteiger charge is 2.11. The minimum absolute atomic E-state index is 0.696. The lowest BCUT2D eigenvalue weighted by atomic mass is 10.2. The first-order valence-electron chi connectivity index (χ1n) is 6.35. The summed E-state index contributed by atoms with van der Waals surface area (Å²) in [6, 6.07) is 1.39. The third-order valence-electron chi connectivity index (χ3n) is 2.35. The Bertz CT molecular complexity index is 89.4. The maximum Gasteiger partial charge on any atom is 0.00412 e. The first-order valence-corrected chi connectivity index (χ1v) is 6.35. The van der Waals surface area contributed by atoms with Gasteiger partial charge in [0.2, 0.25) is 0 Å². The Morgan fingerprint density at radius 3 is 1.57 bits per heavy atom. The number of nitrogens with zero attached hydrogens (tertiary/aromatic N) is 1. The van der Waals surface area contributed by atoms with Gasteiger partial charge in [0.1, 0.15) is 0 Å². The molecule has 0 aliphatic carbocycles. The van der Waals surface area contributed by atoms with E-state index in [1.54, 1.807) is 0 Å². The van der Waals surface area contributed by atoms with Gasteiger partial charge >= 0.3 is 0 Å². The minimum atomic E-state index is 0.696. The van der Waals surface area contributed by atoms with E-state index in [-0.39, 0.29) is 0 Å². The van der Waals surface area contributed by atoms with Crippen LogP contribution in [0.4, 0.5) is 0 Å². The lowest BCUT2D eigenvalue weighted by molar-refractivity contribution is 0.171. The van der Waals surface area contributed by atoms with E-state index in [0.717, 1.165) is 0 Å². The van der Waals surface area contributed by atoms with Crippen LogP contribution in [-0.4, -0.2) is 23.5 Å². The summed E-state index contributed by atoms with van der Waals surface area (Å²) in [7, 11) is 0. The predicted molar refractivity (Wildman–Crippen MR) is 67.9 cm³/mol. The molecule has 88 valence electrons. The summed E-state index contributed by atoms with van der Waals surface area (Å²) in [6.07, 6.45) is 4.05. The molecule has 0 rings (SSSR count). The van der Waals surface area contributed by atoms with E-state index < -0.39 is 0 Å². The van der Waals surface area contributed by atoms with E-state index in [0.29, 0.717) is 12.1 Å². The Morgan fingerprint density at radius 2 is 1.29 bits per heavy atom. The molecule has 0 amide bonds. The van der Waals surface area contributed by atoms with Crippen LogP contribution >= 0.6 is 0 Å². The number of unbranched alkanes of at least 4 members (excludes halogenated alkanes) is 2. The molecule has 0 N–H and O–H groups in total. The van der Waals surface area contributed by atoms with Crippen LogP contribution in [0.15, 0.2) is 0 Å². The molecule has 1 nitrogen and oxygen atoms in total. The fourth-order valence-corrected chi connectivity index (χ4v) is 1.66. The molecule has 0 saturated heterocycles. The van der Waals surface area contributed by atoms with E-state index >= 15 is 0 Å². The molecule has 0 heterocycles. The third kappa shape index (κ3) is 8.55. The van der Waals surface area contributed by atoms with Crippen molar-refractivity contribution >= 4 is 0 Å². The molecule has 1 heteroatoms. The summed E-state index contributed by atoms with van der Waals surface area (Å²) in [5.74, 6) is 0. The van der Waals surface area contributed by atoms with Crippen molar-refractivity contribution in [3.05, 3.63) is 0 Å². The molecule has 0 saturated carbocycles. The number of rotatable bonds is 6. The first-order chi connectivity index (χ1) is 6.59. The number of hydrogen-bond acceptors (Lipinski definition) is 1. The molecular weight excluding hydrogens is 170 g/mol. The zero-order valence-corrected chi connectivity index (χ0v) is 11.4. The molecule has 0 aromatic carbocycles. The fourth-order valence-electron chi connectivity index (χ4n) is 1.66. The molecule has 0 unspecified atom stereocenters. The standard InChI is InChI=1S/C11H25N.C2H6/c1-6-7-8-9-12(10(2)3)11(4)5;1-2/h10-11H,6-9H2,1-5H3;1-2H3. The topological polar surface area (TPSA) is 3.24 Å². The second kappa shape index (κ2) is 11.0. The van der Waals surface area contributed by atoms with Crippen LogP contribution in [0.3, 0.4) is 0 Å². The smallest absolute Gasteiger partial charge is 0.00412 e. The van der Waals surface area contributed by atoms with Gasteiger partial charge in [-0.15, -0.1) is 0 Å². The summed E-state index contributed by atoms with van der Waals surface area (Å²) < 4.78 is 0. The average Bonchev–Trinajstić information content (AvgIpc) is 2.14. The molecule has 0 aromatic rings. The highest BCUT2D eigenvalue weighted by molar-refractivity contribution is 4.66. The van der Waals surface area contributed by atoms with Gasteiger partial charge in [-0.25, -0.2) is 0 Å². The molecular formula is C13H31N. The van der Waals surface area contributed by atoms with Gasteiger partial charge in [0.05, 0.1) is 0 Å². The van der Waals surface area contributed by atoms with Gasteiger partial charge < -0.3 is 0 Å². The lowest BCUT2D eigenvalue weighted by Crippen LogP contribution is -2.37. The van der Waals surface area contributed by atoms with Crippen LogP contribution in [-0.2, 0) is 0 Å². The van der Waals surface area contributed by atoms with Gasteiger partial charge in [-0.2, -0.15) is 0 Å². The molecule has 0 aromatic heterocycles. The normalized spacial score (nSPS) is 10.7. The fraction of sp³-hybridized carbons (Fsp3) is 1.00. The summed E-state index contributed by atoms with van der Waals surface area (Å²) in [4.78, 5) is 2.57. The number of hydrogen-bond donors (Lipinski definition) is 0. The third-order valence-corrected chi connectivity index (χ3v) is 2.35. The Kier molecular flexibility index (Phi) is 12.9. The summed E-state index contributed by atoms with van der Waals surface area (Å²) >= 11 is 0. The van der Waals surface area contributed by atoms with Crippen molar-refractivity contribution in [1.29, 1.82) is 0 Å². The maximum atomic E-state index is 2.57. The van der Waals surface area contributed by atoms with Gasteiger partial charge in [-0.1, -0.05) is 33.6 Å². The summed E-state index contributed by atoms with van der Waals surface area (Å²) in [5.41, 5.74) is 0. The van der Waals surface area contributed by atoms with Gasteiger partial charge in [0.15, 0.2) is 0 Å². The highest BCUT2D eigenvalue weighted by atomic mass is 15.2. The van der Waals surface area contributed by atoms with Crippen molar-refractivity contribution < 1.29 is 0 Å². The van der Waals surface area contributed by atoms with Gasteiger partial charge in [0, 0.05) is 12.1 Å². The minimum Gasteiger partial charge on any atom is -0.299 e. The quantitative estimate of drug-likeness (QED) is 0.578. The van der Waals surface area contributed by atoms with Crippen molar-refractivity contribution in [3.8, 4) is 0 Å². The Balaban J connectivity index is 0. The van der Waals surface area contributed by atoms with E-state index in [9.17, 15) is 0 Å². The second-order valence-corrected chi connectivity index (χ2v) is 4.13. The van der Waals surface area contributed by atoms with E-state index in [2.05, 4.69) is 39.5 Å². The van der Waals surface area contributed by atoms with E-state index in [1.807, 2.05) is 13.8 Å².